The Labute approximate surface area is 797 Å². The topological polar surface area (TPSA) is 168 Å². The summed E-state index contributed by atoms with van der Waals surface area (Å²) in [5.74, 6) is 6.42. The van der Waals surface area contributed by atoms with E-state index in [2.05, 4.69) is 397 Å². The molecule has 0 spiro atoms. The van der Waals surface area contributed by atoms with Crippen LogP contribution in [0.3, 0.4) is 0 Å². The Kier molecular flexibility index (Phi) is 25.6. The molecule has 0 saturated heterocycles. The molecule has 13 nitrogen and oxygen atoms in total. The van der Waals surface area contributed by atoms with E-state index in [4.69, 9.17) is 49.8 Å². The molecule has 0 unspecified atom stereocenters. The molecule has 22 aromatic rings. The maximum Gasteiger partial charge on any atom is 0.164 e. The Bertz CT molecular complexity index is 7600. The molecule has 13 heteroatoms. The van der Waals surface area contributed by atoms with Crippen LogP contribution in [-0.2, 0) is 0 Å². The lowest BCUT2D eigenvalue weighted by molar-refractivity contribution is 1.06. The number of nitrogens with zero attached hydrogens (tertiary/aromatic N) is 13. The summed E-state index contributed by atoms with van der Waals surface area (Å²) < 4.78 is 0. The predicted molar refractivity (Wildman–Crippen MR) is 558 cm³/mol. The van der Waals surface area contributed by atoms with E-state index in [0.717, 1.165) is 157 Å². The van der Waals surface area contributed by atoms with E-state index < -0.39 is 0 Å². The summed E-state index contributed by atoms with van der Waals surface area (Å²) in [5.41, 5.74) is 34.6. The first-order valence-electron chi connectivity index (χ1n) is 45.7. The molecule has 22 rings (SSSR count). The molecule has 652 valence electrons. The Morgan fingerprint density at radius 3 is 0.540 bits per heavy atom. The van der Waals surface area contributed by atoms with Gasteiger partial charge in [-0.25, -0.2) is 54.8 Å². The molecule has 0 bridgehead atoms. The molecule has 0 amide bonds. The van der Waals surface area contributed by atoms with Crippen molar-refractivity contribution < 1.29 is 0 Å². The van der Waals surface area contributed by atoms with E-state index in [-0.39, 0.29) is 0 Å². The third kappa shape index (κ3) is 20.7. The van der Waals surface area contributed by atoms with Gasteiger partial charge in [-0.15, -0.1) is 0 Å². The van der Waals surface area contributed by atoms with Crippen molar-refractivity contribution in [3.8, 4) is 214 Å². The lowest BCUT2D eigenvalue weighted by atomic mass is 10.0. The van der Waals surface area contributed by atoms with Crippen molar-refractivity contribution in [1.82, 2.24) is 64.8 Å². The largest absolute Gasteiger partial charge is 0.258 e. The minimum atomic E-state index is 0.619. The Morgan fingerprint density at radius 2 is 0.299 bits per heavy atom. The summed E-state index contributed by atoms with van der Waals surface area (Å²) in [6.45, 7) is 10.1. The molecular weight excluding hydrogens is 1670 g/mol. The van der Waals surface area contributed by atoms with E-state index in [1.807, 2.05) is 113 Å². The normalized spacial score (nSPS) is 11.0. The number of benzene rings is 16. The molecule has 0 saturated carbocycles. The van der Waals surface area contributed by atoms with Gasteiger partial charge in [-0.1, -0.05) is 431 Å². The first-order chi connectivity index (χ1) is 67.3. The van der Waals surface area contributed by atoms with Crippen LogP contribution >= 0.6 is 0 Å². The monoisotopic (exact) mass is 1760 g/mol. The Morgan fingerprint density at radius 1 is 0.109 bits per heavy atom. The van der Waals surface area contributed by atoms with Crippen LogP contribution in [0.25, 0.3) is 214 Å². The van der Waals surface area contributed by atoms with Crippen molar-refractivity contribution in [2.75, 3.05) is 0 Å². The van der Waals surface area contributed by atoms with Crippen molar-refractivity contribution in [2.45, 2.75) is 34.6 Å². The lowest BCUT2D eigenvalue weighted by Gasteiger charge is -2.11. The highest BCUT2D eigenvalue weighted by Gasteiger charge is 2.20. The molecule has 0 fully saturated rings. The van der Waals surface area contributed by atoms with Gasteiger partial charge in [0, 0.05) is 95.2 Å². The van der Waals surface area contributed by atoms with Crippen LogP contribution in [0.5, 0.6) is 0 Å². The molecule has 137 heavy (non-hydrogen) atoms. The third-order valence-corrected chi connectivity index (χ3v) is 24.0. The summed E-state index contributed by atoms with van der Waals surface area (Å²) in [7, 11) is 0. The molecule has 0 radical (unpaired) electrons. The molecule has 0 aliphatic heterocycles. The molecule has 0 atom stereocenters. The number of hydrogen-bond donors (Lipinski definition) is 0. The fraction of sp³-hybridized carbons (Fsp3) is 0.0403. The maximum atomic E-state index is 4.99. The summed E-state index contributed by atoms with van der Waals surface area (Å²) in [6, 6.07) is 158. The Hall–Kier alpha value is -18.1. The van der Waals surface area contributed by atoms with E-state index in [0.29, 0.717) is 52.4 Å². The zero-order valence-electron chi connectivity index (χ0n) is 76.2. The third-order valence-electron chi connectivity index (χ3n) is 24.0. The fourth-order valence-corrected chi connectivity index (χ4v) is 16.7. The van der Waals surface area contributed by atoms with Gasteiger partial charge in [0.05, 0.1) is 5.69 Å². The van der Waals surface area contributed by atoms with Crippen molar-refractivity contribution in [3.63, 3.8) is 0 Å². The molecular formula is C124H91N13. The van der Waals surface area contributed by atoms with Crippen molar-refractivity contribution >= 4 is 0 Å². The average molecular weight is 1760 g/mol. The van der Waals surface area contributed by atoms with Gasteiger partial charge >= 0.3 is 0 Å². The van der Waals surface area contributed by atoms with Crippen molar-refractivity contribution in [2.24, 2.45) is 0 Å². The highest BCUT2D eigenvalue weighted by Crippen LogP contribution is 2.38. The summed E-state index contributed by atoms with van der Waals surface area (Å²) in [6.07, 6.45) is 0. The molecule has 6 heterocycles. The number of rotatable bonds is 19. The minimum absolute atomic E-state index is 0.619. The van der Waals surface area contributed by atoms with Gasteiger partial charge < -0.3 is 0 Å². The van der Waals surface area contributed by atoms with Crippen molar-refractivity contribution in [3.05, 3.63) is 490 Å². The number of aromatic nitrogens is 13. The van der Waals surface area contributed by atoms with Gasteiger partial charge in [0.15, 0.2) is 58.2 Å². The van der Waals surface area contributed by atoms with Gasteiger partial charge in [0.1, 0.15) is 0 Å². The van der Waals surface area contributed by atoms with Crippen LogP contribution in [0.4, 0.5) is 0 Å². The highest BCUT2D eigenvalue weighted by molar-refractivity contribution is 5.81. The smallest absolute Gasteiger partial charge is 0.164 e. The van der Waals surface area contributed by atoms with Gasteiger partial charge in [0.25, 0.3) is 0 Å². The maximum absolute atomic E-state index is 4.99. The number of pyridine rings is 2. The summed E-state index contributed by atoms with van der Waals surface area (Å²) in [4.78, 5) is 63.4. The molecule has 0 aliphatic carbocycles. The summed E-state index contributed by atoms with van der Waals surface area (Å²) in [5, 5.41) is 0. The quantitative estimate of drug-likeness (QED) is 0.0751. The van der Waals surface area contributed by atoms with Crippen LogP contribution in [-0.4, -0.2) is 64.8 Å². The van der Waals surface area contributed by atoms with Crippen LogP contribution in [0.2, 0.25) is 0 Å². The molecule has 0 N–H and O–H groups in total. The lowest BCUT2D eigenvalue weighted by Crippen LogP contribution is -2.00. The highest BCUT2D eigenvalue weighted by atomic mass is 15.1. The standard InChI is InChI=1S/C45H33N5.C40H30N4.C39H28N4/c1-30-29-31(2)47-42(46-30)38-21-17-36(18-22-38)37-19-27-41(28-20-37)45-49-43(39-23-13-34(14-24-39)32-9-5-3-6-10-32)48-44(50-45)40-25-15-35(16-26-40)33-11-7-4-8-12-33;1-27-13-26-37(28(2)41-27)33-18-24-36(25-19-33)40-43-38(34-20-14-31(15-21-34)29-9-5-3-6-10-29)42-39(44-40)35-22-16-32(17-23-35)30-11-7-4-8-12-30;1-27-10-8-17-36(40-27)34-15-9-16-35(26-34)39-42-37(32-22-18-30(19-23-32)28-11-4-2-5-12-28)41-38(43-39)33-24-20-31(21-25-33)29-13-6-3-7-14-29/h3-29H,1-2H3;3-26H,1-2H3;2-26H,1H3. The zero-order chi connectivity index (χ0) is 92.8. The fourth-order valence-electron chi connectivity index (χ4n) is 16.7. The van der Waals surface area contributed by atoms with E-state index in [9.17, 15) is 0 Å². The van der Waals surface area contributed by atoms with Crippen LogP contribution in [0.15, 0.2) is 461 Å². The predicted octanol–water partition coefficient (Wildman–Crippen LogP) is 30.4. The van der Waals surface area contributed by atoms with E-state index in [1.165, 1.54) is 33.4 Å². The average Bonchev–Trinajstić information content (AvgIpc) is 0.794. The molecule has 6 aromatic heterocycles. The second-order valence-electron chi connectivity index (χ2n) is 33.6. The van der Waals surface area contributed by atoms with E-state index in [1.54, 1.807) is 0 Å². The molecule has 0 aliphatic rings. The zero-order valence-corrected chi connectivity index (χ0v) is 76.2. The first kappa shape index (κ1) is 86.9. The van der Waals surface area contributed by atoms with Gasteiger partial charge in [-0.2, -0.15) is 0 Å². The van der Waals surface area contributed by atoms with Crippen molar-refractivity contribution in [1.29, 1.82) is 0 Å². The first-order valence-corrected chi connectivity index (χ1v) is 45.7. The van der Waals surface area contributed by atoms with Crippen LogP contribution in [0, 0.1) is 34.6 Å². The summed E-state index contributed by atoms with van der Waals surface area (Å²) >= 11 is 0. The van der Waals surface area contributed by atoms with Gasteiger partial charge in [-0.3, -0.25) is 9.97 Å². The second-order valence-corrected chi connectivity index (χ2v) is 33.6. The number of hydrogen-bond acceptors (Lipinski definition) is 13. The van der Waals surface area contributed by atoms with Gasteiger partial charge in [-0.05, 0) is 148 Å². The number of aryl methyl sites for hydroxylation is 5. The molecule has 16 aromatic carbocycles. The second kappa shape index (κ2) is 40.3. The minimum Gasteiger partial charge on any atom is -0.258 e. The Balaban J connectivity index is 0.000000127. The van der Waals surface area contributed by atoms with Crippen LogP contribution in [0.1, 0.15) is 28.5 Å². The van der Waals surface area contributed by atoms with Crippen LogP contribution < -0.4 is 0 Å². The van der Waals surface area contributed by atoms with E-state index >= 15 is 0 Å². The SMILES string of the molecule is Cc1cc(C)nc(-c2ccc(-c3ccc(-c4nc(-c5ccc(-c6ccccc6)cc5)nc(-c5ccc(-c6ccccc6)cc5)n4)cc3)cc2)n1.Cc1ccc(-c2ccc(-c3nc(-c4ccc(-c5ccccc5)cc4)nc(-c4ccc(-c5ccccc5)cc4)n3)cc2)c(C)n1.Cc1cccc(-c2cccc(-c3nc(-c4ccc(-c5ccccc5)cc4)nc(-c4ccc(-c5ccccc5)cc4)n3)c2)n1. The van der Waals surface area contributed by atoms with Gasteiger partial charge in [0.2, 0.25) is 0 Å².